The summed E-state index contributed by atoms with van der Waals surface area (Å²) in [7, 11) is 1.59. The predicted octanol–water partition coefficient (Wildman–Crippen LogP) is 3.50. The van der Waals surface area contributed by atoms with E-state index in [1.165, 1.54) is 11.8 Å². The normalized spacial score (nSPS) is 11.0. The van der Waals surface area contributed by atoms with Crippen molar-refractivity contribution in [3.63, 3.8) is 0 Å². The molecule has 0 N–H and O–H groups in total. The number of methoxy groups -OCH3 is 1. The number of hydrogen-bond acceptors (Lipinski definition) is 5. The van der Waals surface area contributed by atoms with E-state index in [2.05, 4.69) is 4.98 Å². The van der Waals surface area contributed by atoms with E-state index in [-0.39, 0.29) is 17.2 Å². The van der Waals surface area contributed by atoms with Gasteiger partial charge in [-0.1, -0.05) is 36.0 Å². The van der Waals surface area contributed by atoms with Gasteiger partial charge in [0.05, 0.1) is 29.8 Å². The molecule has 29 heavy (non-hydrogen) atoms. The van der Waals surface area contributed by atoms with Crippen LogP contribution in [0.4, 0.5) is 5.69 Å². The number of hydrogen-bond donors (Lipinski definition) is 0. The van der Waals surface area contributed by atoms with Crippen LogP contribution in [0.15, 0.2) is 58.5 Å². The van der Waals surface area contributed by atoms with E-state index in [9.17, 15) is 9.59 Å². The first-order valence-electron chi connectivity index (χ1n) is 9.53. The Labute approximate surface area is 174 Å². The van der Waals surface area contributed by atoms with Crippen LogP contribution in [0.1, 0.15) is 12.5 Å². The summed E-state index contributed by atoms with van der Waals surface area (Å²) in [5, 5.41) is 1.09. The van der Waals surface area contributed by atoms with Gasteiger partial charge in [-0.15, -0.1) is 0 Å². The molecule has 152 valence electrons. The van der Waals surface area contributed by atoms with Crippen molar-refractivity contribution in [2.45, 2.75) is 25.5 Å². The van der Waals surface area contributed by atoms with Gasteiger partial charge in [-0.2, -0.15) is 0 Å². The highest BCUT2D eigenvalue weighted by molar-refractivity contribution is 7.99. The Bertz CT molecular complexity index is 1060. The molecule has 0 aliphatic heterocycles. The summed E-state index contributed by atoms with van der Waals surface area (Å²) in [5.74, 6) is 0.170. The van der Waals surface area contributed by atoms with Gasteiger partial charge in [0.25, 0.3) is 5.56 Å². The summed E-state index contributed by atoms with van der Waals surface area (Å²) in [6.07, 6.45) is 0. The molecule has 0 aliphatic rings. The Kier molecular flexibility index (Phi) is 7.06. The van der Waals surface area contributed by atoms with E-state index in [1.54, 1.807) is 22.6 Å². The summed E-state index contributed by atoms with van der Waals surface area (Å²) >= 11 is 1.28. The van der Waals surface area contributed by atoms with Crippen molar-refractivity contribution >= 4 is 34.3 Å². The molecule has 6 nitrogen and oxygen atoms in total. The Morgan fingerprint density at radius 2 is 2.00 bits per heavy atom. The topological polar surface area (TPSA) is 64.4 Å². The third-order valence-electron chi connectivity index (χ3n) is 4.60. The molecule has 1 amide bonds. The van der Waals surface area contributed by atoms with Gasteiger partial charge in [0.15, 0.2) is 5.16 Å². The lowest BCUT2D eigenvalue weighted by Crippen LogP contribution is -2.32. The zero-order chi connectivity index (χ0) is 20.8. The van der Waals surface area contributed by atoms with Crippen LogP contribution in [0, 0.1) is 6.92 Å². The van der Waals surface area contributed by atoms with Crippen molar-refractivity contribution in [2.75, 3.05) is 30.9 Å². The lowest BCUT2D eigenvalue weighted by Gasteiger charge is -2.21. The molecule has 0 spiro atoms. The van der Waals surface area contributed by atoms with Crippen molar-refractivity contribution < 1.29 is 9.53 Å². The van der Waals surface area contributed by atoms with E-state index in [0.717, 1.165) is 11.3 Å². The number of carbonyl (C=O) groups excluding carboxylic acids is 1. The number of nitrogens with zero attached hydrogens (tertiary/aromatic N) is 3. The summed E-state index contributed by atoms with van der Waals surface area (Å²) in [6, 6.07) is 15.1. The number of aromatic nitrogens is 2. The van der Waals surface area contributed by atoms with Gasteiger partial charge in [0.1, 0.15) is 0 Å². The number of aryl methyl sites for hydroxylation is 1. The highest BCUT2D eigenvalue weighted by Crippen LogP contribution is 2.21. The van der Waals surface area contributed by atoms with Crippen molar-refractivity contribution in [1.82, 2.24) is 9.55 Å². The molecule has 2 aromatic carbocycles. The Balaban J connectivity index is 1.86. The van der Waals surface area contributed by atoms with Crippen LogP contribution in [-0.4, -0.2) is 41.5 Å². The molecular weight excluding hydrogens is 386 g/mol. The van der Waals surface area contributed by atoms with Crippen molar-refractivity contribution in [1.29, 1.82) is 0 Å². The maximum atomic E-state index is 12.9. The van der Waals surface area contributed by atoms with Crippen LogP contribution in [0.25, 0.3) is 10.9 Å². The summed E-state index contributed by atoms with van der Waals surface area (Å²) in [5.41, 5.74) is 2.49. The van der Waals surface area contributed by atoms with E-state index < -0.39 is 0 Å². The SMILES string of the molecule is CCN(C(=O)CSc1nc2ccccc2c(=O)n1CCOC)c1cccc(C)c1. The largest absolute Gasteiger partial charge is 0.383 e. The zero-order valence-corrected chi connectivity index (χ0v) is 17.7. The second kappa shape index (κ2) is 9.71. The molecule has 1 aromatic heterocycles. The molecule has 0 saturated carbocycles. The lowest BCUT2D eigenvalue weighted by molar-refractivity contribution is -0.116. The fourth-order valence-electron chi connectivity index (χ4n) is 3.14. The maximum absolute atomic E-state index is 12.9. The van der Waals surface area contributed by atoms with Crippen LogP contribution in [0.2, 0.25) is 0 Å². The zero-order valence-electron chi connectivity index (χ0n) is 16.9. The molecule has 3 rings (SSSR count). The van der Waals surface area contributed by atoms with Gasteiger partial charge in [0, 0.05) is 19.3 Å². The number of amides is 1. The molecule has 0 aliphatic carbocycles. The van der Waals surface area contributed by atoms with Crippen LogP contribution >= 0.6 is 11.8 Å². The van der Waals surface area contributed by atoms with Crippen LogP contribution < -0.4 is 10.5 Å². The molecule has 0 unspecified atom stereocenters. The van der Waals surface area contributed by atoms with Crippen LogP contribution in [0.3, 0.4) is 0 Å². The van der Waals surface area contributed by atoms with Gasteiger partial charge in [-0.25, -0.2) is 4.98 Å². The summed E-state index contributed by atoms with van der Waals surface area (Å²) in [6.45, 7) is 5.31. The number of anilines is 1. The van der Waals surface area contributed by atoms with Gasteiger partial charge in [-0.3, -0.25) is 14.2 Å². The van der Waals surface area contributed by atoms with Gasteiger partial charge < -0.3 is 9.64 Å². The molecule has 0 atom stereocenters. The molecule has 0 radical (unpaired) electrons. The first-order valence-corrected chi connectivity index (χ1v) is 10.5. The minimum atomic E-state index is -0.117. The number of para-hydroxylation sites is 1. The Morgan fingerprint density at radius 1 is 1.21 bits per heavy atom. The molecule has 0 saturated heterocycles. The molecule has 0 bridgehead atoms. The second-order valence-corrected chi connectivity index (χ2v) is 7.57. The monoisotopic (exact) mass is 411 g/mol. The fourth-order valence-corrected chi connectivity index (χ4v) is 4.04. The standard InChI is InChI=1S/C22H25N3O3S/c1-4-24(17-9-7-8-16(2)14-17)20(26)15-29-22-23-19-11-6-5-10-18(19)21(27)25(22)12-13-28-3/h5-11,14H,4,12-13,15H2,1-3H3. The molecule has 1 heterocycles. The van der Waals surface area contributed by atoms with Crippen molar-refractivity contribution in [3.05, 3.63) is 64.4 Å². The number of benzene rings is 2. The third kappa shape index (κ3) is 4.86. The number of rotatable bonds is 8. The number of ether oxygens (including phenoxy) is 1. The molecule has 7 heteroatoms. The highest BCUT2D eigenvalue weighted by Gasteiger charge is 2.17. The lowest BCUT2D eigenvalue weighted by atomic mass is 10.2. The van der Waals surface area contributed by atoms with E-state index >= 15 is 0 Å². The second-order valence-electron chi connectivity index (χ2n) is 6.63. The number of carbonyl (C=O) groups is 1. The van der Waals surface area contributed by atoms with Crippen LogP contribution in [-0.2, 0) is 16.1 Å². The predicted molar refractivity (Wildman–Crippen MR) is 118 cm³/mol. The minimum Gasteiger partial charge on any atom is -0.383 e. The maximum Gasteiger partial charge on any atom is 0.262 e. The molecule has 3 aromatic rings. The fraction of sp³-hybridized carbons (Fsp3) is 0.318. The summed E-state index contributed by atoms with van der Waals surface area (Å²) < 4.78 is 6.74. The quantitative estimate of drug-likeness (QED) is 0.419. The first-order chi connectivity index (χ1) is 14.0. The minimum absolute atomic E-state index is 0.0243. The van der Waals surface area contributed by atoms with Gasteiger partial charge >= 0.3 is 0 Å². The van der Waals surface area contributed by atoms with Crippen molar-refractivity contribution in [2.24, 2.45) is 0 Å². The highest BCUT2D eigenvalue weighted by atomic mass is 32.2. The van der Waals surface area contributed by atoms with Gasteiger partial charge in [0.2, 0.25) is 5.91 Å². The average molecular weight is 412 g/mol. The van der Waals surface area contributed by atoms with E-state index in [0.29, 0.717) is 35.8 Å². The smallest absolute Gasteiger partial charge is 0.262 e. The number of thioether (sulfide) groups is 1. The Morgan fingerprint density at radius 3 is 2.72 bits per heavy atom. The average Bonchev–Trinajstić information content (AvgIpc) is 2.72. The first kappa shape index (κ1) is 21.1. The summed E-state index contributed by atoms with van der Waals surface area (Å²) in [4.78, 5) is 32.2. The van der Waals surface area contributed by atoms with Gasteiger partial charge in [-0.05, 0) is 43.7 Å². The van der Waals surface area contributed by atoms with Crippen LogP contribution in [0.5, 0.6) is 0 Å². The number of fused-ring (bicyclic) bond motifs is 1. The van der Waals surface area contributed by atoms with E-state index in [1.807, 2.05) is 56.3 Å². The van der Waals surface area contributed by atoms with Crippen molar-refractivity contribution in [3.8, 4) is 0 Å². The van der Waals surface area contributed by atoms with E-state index in [4.69, 9.17) is 4.74 Å². The molecular formula is C22H25N3O3S. The molecule has 0 fully saturated rings. The Hall–Kier alpha value is -2.64. The third-order valence-corrected chi connectivity index (χ3v) is 5.56.